The third kappa shape index (κ3) is 3.92. The van der Waals surface area contributed by atoms with Gasteiger partial charge in [0, 0.05) is 11.1 Å². The third-order valence-corrected chi connectivity index (χ3v) is 6.14. The molecular formula is C19H16N4O4S. The average Bonchev–Trinajstić information content (AvgIpc) is 3.16. The summed E-state index contributed by atoms with van der Waals surface area (Å²) in [4.78, 5) is 12.4. The van der Waals surface area contributed by atoms with Crippen LogP contribution < -0.4 is 5.32 Å². The molecule has 0 aliphatic carbocycles. The second-order valence-electron chi connectivity index (χ2n) is 6.17. The molecule has 1 heterocycles. The van der Waals surface area contributed by atoms with Gasteiger partial charge in [-0.15, -0.1) is 5.10 Å². The van der Waals surface area contributed by atoms with Crippen LogP contribution in [0.15, 0.2) is 57.8 Å². The Hall–Kier alpha value is -3.51. The molecule has 9 heteroatoms. The van der Waals surface area contributed by atoms with Gasteiger partial charge >= 0.3 is 6.01 Å². The highest BCUT2D eigenvalue weighted by Gasteiger charge is 2.19. The number of carbonyl (C=O) groups is 1. The highest BCUT2D eigenvalue weighted by molar-refractivity contribution is 7.92. The fraction of sp³-hybridized carbons (Fsp3) is 0.158. The van der Waals surface area contributed by atoms with Crippen LogP contribution >= 0.6 is 0 Å². The van der Waals surface area contributed by atoms with Gasteiger partial charge in [0.15, 0.2) is 9.84 Å². The van der Waals surface area contributed by atoms with E-state index in [1.54, 1.807) is 26.0 Å². The van der Waals surface area contributed by atoms with Crippen LogP contribution in [0.3, 0.4) is 0 Å². The molecule has 1 aromatic heterocycles. The summed E-state index contributed by atoms with van der Waals surface area (Å²) in [5.74, 6) is -0.318. The molecule has 1 N–H and O–H groups in total. The minimum Gasteiger partial charge on any atom is -0.403 e. The van der Waals surface area contributed by atoms with E-state index in [2.05, 4.69) is 15.5 Å². The van der Waals surface area contributed by atoms with E-state index in [4.69, 9.17) is 9.68 Å². The number of sulfone groups is 1. The highest BCUT2D eigenvalue weighted by atomic mass is 32.2. The standard InChI is InChI=1S/C19H16N4O4S/c1-12(2)28(25,26)16-9-7-15(8-10-16)18-22-23-19(27-18)21-17(24)14-5-3-13(11-20)4-6-14/h3-10,12H,1-2H3,(H,21,23,24). The topological polar surface area (TPSA) is 126 Å². The molecule has 8 nitrogen and oxygen atoms in total. The molecule has 0 bridgehead atoms. The molecule has 28 heavy (non-hydrogen) atoms. The van der Waals surface area contributed by atoms with Gasteiger partial charge in [0.2, 0.25) is 5.89 Å². The van der Waals surface area contributed by atoms with Crippen LogP contribution in [0, 0.1) is 11.3 Å². The fourth-order valence-electron chi connectivity index (χ4n) is 2.32. The molecule has 3 aromatic rings. The number of hydrogen-bond donors (Lipinski definition) is 1. The monoisotopic (exact) mass is 396 g/mol. The lowest BCUT2D eigenvalue weighted by molar-refractivity contribution is 0.102. The number of nitriles is 1. The zero-order chi connectivity index (χ0) is 20.3. The van der Waals surface area contributed by atoms with E-state index in [-0.39, 0.29) is 16.8 Å². The van der Waals surface area contributed by atoms with Gasteiger partial charge in [-0.3, -0.25) is 10.1 Å². The first-order chi connectivity index (χ1) is 13.3. The molecule has 2 aromatic carbocycles. The first kappa shape index (κ1) is 19.3. The number of carbonyl (C=O) groups excluding carboxylic acids is 1. The van der Waals surface area contributed by atoms with Crippen molar-refractivity contribution in [3.8, 4) is 17.5 Å². The summed E-state index contributed by atoms with van der Waals surface area (Å²) in [5, 5.41) is 18.4. The third-order valence-electron chi connectivity index (χ3n) is 3.97. The van der Waals surface area contributed by atoms with Crippen LogP contribution in [-0.4, -0.2) is 29.8 Å². The van der Waals surface area contributed by atoms with E-state index < -0.39 is 21.0 Å². The maximum atomic E-state index is 12.2. The molecule has 0 saturated carbocycles. The SMILES string of the molecule is CC(C)S(=O)(=O)c1ccc(-c2nnc(NC(=O)c3ccc(C#N)cc3)o2)cc1. The molecule has 0 spiro atoms. The summed E-state index contributed by atoms with van der Waals surface area (Å²) in [6.45, 7) is 3.23. The second kappa shape index (κ2) is 7.62. The molecule has 0 radical (unpaired) electrons. The average molecular weight is 396 g/mol. The lowest BCUT2D eigenvalue weighted by atomic mass is 10.1. The van der Waals surface area contributed by atoms with Crippen LogP contribution in [-0.2, 0) is 9.84 Å². The van der Waals surface area contributed by atoms with Crippen LogP contribution in [0.25, 0.3) is 11.5 Å². The Morgan fingerprint density at radius 2 is 1.71 bits per heavy atom. The Labute approximate surface area is 161 Å². The Balaban J connectivity index is 1.75. The number of anilines is 1. The minimum atomic E-state index is -3.37. The molecule has 0 fully saturated rings. The second-order valence-corrected chi connectivity index (χ2v) is 8.68. The van der Waals surface area contributed by atoms with Crippen molar-refractivity contribution in [2.45, 2.75) is 24.0 Å². The van der Waals surface area contributed by atoms with Gasteiger partial charge in [0.25, 0.3) is 5.91 Å². The molecule has 1 amide bonds. The summed E-state index contributed by atoms with van der Waals surface area (Å²) in [6.07, 6.45) is 0. The summed E-state index contributed by atoms with van der Waals surface area (Å²) in [7, 11) is -3.37. The Morgan fingerprint density at radius 1 is 1.07 bits per heavy atom. The maximum Gasteiger partial charge on any atom is 0.322 e. The van der Waals surface area contributed by atoms with Gasteiger partial charge in [-0.2, -0.15) is 5.26 Å². The van der Waals surface area contributed by atoms with Crippen molar-refractivity contribution < 1.29 is 17.6 Å². The van der Waals surface area contributed by atoms with Crippen molar-refractivity contribution in [3.05, 3.63) is 59.7 Å². The number of hydrogen-bond acceptors (Lipinski definition) is 7. The van der Waals surface area contributed by atoms with E-state index in [9.17, 15) is 13.2 Å². The summed E-state index contributed by atoms with van der Waals surface area (Å²) >= 11 is 0. The molecule has 0 aliphatic heterocycles. The number of nitrogens with zero attached hydrogens (tertiary/aromatic N) is 3. The van der Waals surface area contributed by atoms with Gasteiger partial charge in [-0.1, -0.05) is 5.10 Å². The Bertz CT molecular complexity index is 1140. The first-order valence-electron chi connectivity index (χ1n) is 8.30. The number of amides is 1. The highest BCUT2D eigenvalue weighted by Crippen LogP contribution is 2.23. The van der Waals surface area contributed by atoms with Crippen molar-refractivity contribution in [1.29, 1.82) is 5.26 Å². The number of rotatable bonds is 5. The Kier molecular flexibility index (Phi) is 5.24. The van der Waals surface area contributed by atoms with Crippen molar-refractivity contribution in [2.24, 2.45) is 0 Å². The first-order valence-corrected chi connectivity index (χ1v) is 9.85. The van der Waals surface area contributed by atoms with Gasteiger partial charge in [0.1, 0.15) is 0 Å². The van der Waals surface area contributed by atoms with E-state index in [1.807, 2.05) is 6.07 Å². The van der Waals surface area contributed by atoms with Gasteiger partial charge in [0.05, 0.1) is 21.8 Å². The van der Waals surface area contributed by atoms with Crippen LogP contribution in [0.2, 0.25) is 0 Å². The predicted molar refractivity (Wildman–Crippen MR) is 101 cm³/mol. The maximum absolute atomic E-state index is 12.2. The number of aromatic nitrogens is 2. The van der Waals surface area contributed by atoms with Crippen molar-refractivity contribution in [3.63, 3.8) is 0 Å². The molecular weight excluding hydrogens is 380 g/mol. The van der Waals surface area contributed by atoms with Crippen LogP contribution in [0.5, 0.6) is 0 Å². The normalized spacial score (nSPS) is 11.2. The van der Waals surface area contributed by atoms with Gasteiger partial charge < -0.3 is 4.42 Å². The van der Waals surface area contributed by atoms with E-state index in [0.29, 0.717) is 16.7 Å². The van der Waals surface area contributed by atoms with E-state index in [1.165, 1.54) is 36.4 Å². The Morgan fingerprint density at radius 3 is 2.29 bits per heavy atom. The van der Waals surface area contributed by atoms with Crippen LogP contribution in [0.1, 0.15) is 29.8 Å². The minimum absolute atomic E-state index is 0.0942. The molecule has 3 rings (SSSR count). The van der Waals surface area contributed by atoms with E-state index >= 15 is 0 Å². The largest absolute Gasteiger partial charge is 0.403 e. The van der Waals surface area contributed by atoms with Gasteiger partial charge in [-0.05, 0) is 62.4 Å². The quantitative estimate of drug-likeness (QED) is 0.702. The van der Waals surface area contributed by atoms with E-state index in [0.717, 1.165) is 0 Å². The van der Waals surface area contributed by atoms with Crippen LogP contribution in [0.4, 0.5) is 6.01 Å². The molecule has 0 atom stereocenters. The summed E-state index contributed by atoms with van der Waals surface area (Å²) < 4.78 is 29.8. The van der Waals surface area contributed by atoms with Crippen molar-refractivity contribution in [1.82, 2.24) is 10.2 Å². The molecule has 0 saturated heterocycles. The predicted octanol–water partition coefficient (Wildman–Crippen LogP) is 3.04. The lowest BCUT2D eigenvalue weighted by Gasteiger charge is -2.07. The smallest absolute Gasteiger partial charge is 0.322 e. The van der Waals surface area contributed by atoms with Crippen molar-refractivity contribution in [2.75, 3.05) is 5.32 Å². The molecule has 142 valence electrons. The lowest BCUT2D eigenvalue weighted by Crippen LogP contribution is -2.13. The van der Waals surface area contributed by atoms with Gasteiger partial charge in [-0.25, -0.2) is 8.42 Å². The number of nitrogens with one attached hydrogen (secondary N) is 1. The molecule has 0 aliphatic rings. The van der Waals surface area contributed by atoms with Crippen molar-refractivity contribution >= 4 is 21.8 Å². The fourth-order valence-corrected chi connectivity index (χ4v) is 3.37. The number of benzene rings is 2. The summed E-state index contributed by atoms with van der Waals surface area (Å²) in [5.41, 5.74) is 1.30. The zero-order valence-corrected chi connectivity index (χ0v) is 15.9. The zero-order valence-electron chi connectivity index (χ0n) is 15.1. The summed E-state index contributed by atoms with van der Waals surface area (Å²) in [6, 6.07) is 14.0. The molecule has 0 unspecified atom stereocenters.